The molecule has 158 valence electrons. The fraction of sp³-hybridized carbons (Fsp3) is 0.571. The van der Waals surface area contributed by atoms with Gasteiger partial charge in [0, 0.05) is 38.3 Å². The minimum atomic E-state index is -0.611. The lowest BCUT2D eigenvalue weighted by Gasteiger charge is -2.37. The molecule has 3 rings (SSSR count). The van der Waals surface area contributed by atoms with Crippen molar-refractivity contribution in [1.82, 2.24) is 14.7 Å². The molecule has 2 fully saturated rings. The lowest BCUT2D eigenvalue weighted by atomic mass is 10.1. The molecule has 29 heavy (non-hydrogen) atoms. The summed E-state index contributed by atoms with van der Waals surface area (Å²) in [7, 11) is 0. The van der Waals surface area contributed by atoms with Crippen LogP contribution in [0.3, 0.4) is 0 Å². The summed E-state index contributed by atoms with van der Waals surface area (Å²) >= 11 is 0. The molecule has 8 heteroatoms. The third-order valence-electron chi connectivity index (χ3n) is 5.14. The van der Waals surface area contributed by atoms with Crippen molar-refractivity contribution in [2.75, 3.05) is 32.7 Å². The largest absolute Gasteiger partial charge is 0.444 e. The summed E-state index contributed by atoms with van der Waals surface area (Å²) < 4.78 is 18.5. The summed E-state index contributed by atoms with van der Waals surface area (Å²) in [6.45, 7) is 7.53. The second-order valence-electron chi connectivity index (χ2n) is 8.46. The van der Waals surface area contributed by atoms with E-state index in [-0.39, 0.29) is 17.6 Å². The Kier molecular flexibility index (Phi) is 6.10. The molecule has 7 nitrogen and oxygen atoms in total. The van der Waals surface area contributed by atoms with Crippen LogP contribution in [0.25, 0.3) is 0 Å². The first-order valence-corrected chi connectivity index (χ1v) is 9.99. The van der Waals surface area contributed by atoms with Crippen LogP contribution >= 0.6 is 0 Å². The Morgan fingerprint density at radius 1 is 0.966 bits per heavy atom. The van der Waals surface area contributed by atoms with Gasteiger partial charge >= 0.3 is 6.09 Å². The van der Waals surface area contributed by atoms with Gasteiger partial charge in [-0.25, -0.2) is 9.18 Å². The number of hydrogen-bond donors (Lipinski definition) is 0. The van der Waals surface area contributed by atoms with E-state index in [2.05, 4.69) is 0 Å². The lowest BCUT2D eigenvalue weighted by Crippen LogP contribution is -2.55. The molecule has 1 aromatic rings. The molecular weight excluding hydrogens is 377 g/mol. The number of piperazine rings is 1. The van der Waals surface area contributed by atoms with Gasteiger partial charge in [0.15, 0.2) is 0 Å². The quantitative estimate of drug-likeness (QED) is 0.758. The van der Waals surface area contributed by atoms with Crippen molar-refractivity contribution in [3.05, 3.63) is 35.6 Å². The van der Waals surface area contributed by atoms with E-state index in [1.807, 2.05) is 0 Å². The van der Waals surface area contributed by atoms with Crippen molar-refractivity contribution in [2.24, 2.45) is 0 Å². The van der Waals surface area contributed by atoms with Crippen molar-refractivity contribution in [3.63, 3.8) is 0 Å². The zero-order chi connectivity index (χ0) is 21.2. The van der Waals surface area contributed by atoms with Crippen molar-refractivity contribution < 1.29 is 23.5 Å². The summed E-state index contributed by atoms with van der Waals surface area (Å²) in [5, 5.41) is 0. The Morgan fingerprint density at radius 2 is 1.55 bits per heavy atom. The number of ether oxygens (including phenoxy) is 1. The first kappa shape index (κ1) is 21.1. The molecule has 2 aliphatic rings. The maximum absolute atomic E-state index is 13.1. The highest BCUT2D eigenvalue weighted by molar-refractivity contribution is 5.94. The molecule has 0 N–H and O–H groups in total. The maximum atomic E-state index is 13.1. The van der Waals surface area contributed by atoms with Gasteiger partial charge in [0.25, 0.3) is 5.91 Å². The predicted molar refractivity (Wildman–Crippen MR) is 105 cm³/mol. The van der Waals surface area contributed by atoms with Gasteiger partial charge in [-0.1, -0.05) is 0 Å². The number of carbonyl (C=O) groups is 3. The highest BCUT2D eigenvalue weighted by atomic mass is 19.1. The van der Waals surface area contributed by atoms with Crippen LogP contribution in [-0.4, -0.2) is 77.0 Å². The Labute approximate surface area is 170 Å². The minimum Gasteiger partial charge on any atom is -0.444 e. The number of hydrogen-bond acceptors (Lipinski definition) is 4. The zero-order valence-corrected chi connectivity index (χ0v) is 17.2. The summed E-state index contributed by atoms with van der Waals surface area (Å²) in [5.74, 6) is -0.654. The Morgan fingerprint density at radius 3 is 2.14 bits per heavy atom. The third kappa shape index (κ3) is 5.05. The van der Waals surface area contributed by atoms with E-state index in [4.69, 9.17) is 4.74 Å². The maximum Gasteiger partial charge on any atom is 0.410 e. The minimum absolute atomic E-state index is 0.0951. The van der Waals surface area contributed by atoms with Gasteiger partial charge in [0.2, 0.25) is 5.91 Å². The molecule has 2 heterocycles. The molecule has 1 aromatic carbocycles. The van der Waals surface area contributed by atoms with E-state index in [1.54, 1.807) is 30.6 Å². The topological polar surface area (TPSA) is 70.2 Å². The Hall–Kier alpha value is -2.64. The molecule has 0 radical (unpaired) electrons. The zero-order valence-electron chi connectivity index (χ0n) is 17.2. The first-order valence-electron chi connectivity index (χ1n) is 9.99. The van der Waals surface area contributed by atoms with Crippen LogP contribution in [0, 0.1) is 5.82 Å². The number of benzene rings is 1. The van der Waals surface area contributed by atoms with Gasteiger partial charge in [0.05, 0.1) is 0 Å². The number of halogens is 1. The molecule has 0 aliphatic carbocycles. The van der Waals surface area contributed by atoms with Crippen LogP contribution in [0.15, 0.2) is 24.3 Å². The van der Waals surface area contributed by atoms with E-state index >= 15 is 0 Å². The molecule has 0 spiro atoms. The average Bonchev–Trinajstić information content (AvgIpc) is 3.16. The molecule has 1 atom stereocenters. The Balaban J connectivity index is 1.57. The monoisotopic (exact) mass is 405 g/mol. The molecule has 0 saturated carbocycles. The van der Waals surface area contributed by atoms with Gasteiger partial charge in [-0.2, -0.15) is 0 Å². The van der Waals surface area contributed by atoms with Gasteiger partial charge < -0.3 is 14.5 Å². The van der Waals surface area contributed by atoms with E-state index in [0.29, 0.717) is 44.7 Å². The van der Waals surface area contributed by atoms with Crippen LogP contribution in [-0.2, 0) is 9.53 Å². The number of amides is 3. The fourth-order valence-electron chi connectivity index (χ4n) is 3.68. The van der Waals surface area contributed by atoms with Gasteiger partial charge in [0.1, 0.15) is 17.5 Å². The van der Waals surface area contributed by atoms with Gasteiger partial charge in [-0.15, -0.1) is 0 Å². The van der Waals surface area contributed by atoms with Crippen molar-refractivity contribution in [1.29, 1.82) is 0 Å². The third-order valence-corrected chi connectivity index (χ3v) is 5.14. The standard InChI is InChI=1S/C21H28FN3O4/c1-21(2,3)29-20(28)25-10-4-5-17(25)19(27)24-13-11-23(12-14-24)18(26)15-6-8-16(22)9-7-15/h6-9,17H,4-5,10-14H2,1-3H3. The van der Waals surface area contributed by atoms with Gasteiger partial charge in [-0.05, 0) is 57.9 Å². The highest BCUT2D eigenvalue weighted by Gasteiger charge is 2.39. The number of carbonyl (C=O) groups excluding carboxylic acids is 3. The van der Waals surface area contributed by atoms with Crippen LogP contribution in [0.5, 0.6) is 0 Å². The lowest BCUT2D eigenvalue weighted by molar-refractivity contribution is -0.137. The molecular formula is C21H28FN3O4. The molecule has 2 aliphatic heterocycles. The van der Waals surface area contributed by atoms with E-state index in [0.717, 1.165) is 6.42 Å². The molecule has 1 unspecified atom stereocenters. The van der Waals surface area contributed by atoms with E-state index < -0.39 is 17.7 Å². The molecule has 2 saturated heterocycles. The molecule has 3 amide bonds. The SMILES string of the molecule is CC(C)(C)OC(=O)N1CCCC1C(=O)N1CCN(C(=O)c2ccc(F)cc2)CC1. The normalized spacial score (nSPS) is 20.0. The van der Waals surface area contributed by atoms with Gasteiger partial charge in [-0.3, -0.25) is 14.5 Å². The van der Waals surface area contributed by atoms with Crippen molar-refractivity contribution in [3.8, 4) is 0 Å². The first-order chi connectivity index (χ1) is 13.7. The van der Waals surface area contributed by atoms with Crippen molar-refractivity contribution in [2.45, 2.75) is 45.3 Å². The van der Waals surface area contributed by atoms with E-state index in [9.17, 15) is 18.8 Å². The average molecular weight is 405 g/mol. The molecule has 0 aromatic heterocycles. The number of nitrogens with zero attached hydrogens (tertiary/aromatic N) is 3. The molecule has 0 bridgehead atoms. The van der Waals surface area contributed by atoms with Crippen LogP contribution in [0.4, 0.5) is 9.18 Å². The van der Waals surface area contributed by atoms with Crippen LogP contribution < -0.4 is 0 Å². The van der Waals surface area contributed by atoms with E-state index in [1.165, 1.54) is 29.2 Å². The highest BCUT2D eigenvalue weighted by Crippen LogP contribution is 2.23. The number of rotatable bonds is 2. The second kappa shape index (κ2) is 8.39. The fourth-order valence-corrected chi connectivity index (χ4v) is 3.68. The summed E-state index contributed by atoms with van der Waals surface area (Å²) in [6, 6.07) is 4.94. The van der Waals surface area contributed by atoms with Crippen LogP contribution in [0.1, 0.15) is 44.0 Å². The summed E-state index contributed by atoms with van der Waals surface area (Å²) in [5.41, 5.74) is -0.183. The number of likely N-dealkylation sites (tertiary alicyclic amines) is 1. The van der Waals surface area contributed by atoms with Crippen molar-refractivity contribution >= 4 is 17.9 Å². The Bertz CT molecular complexity index is 767. The summed E-state index contributed by atoms with van der Waals surface area (Å²) in [6.07, 6.45) is 0.921. The summed E-state index contributed by atoms with van der Waals surface area (Å²) in [4.78, 5) is 42.9. The second-order valence-corrected chi connectivity index (χ2v) is 8.46. The predicted octanol–water partition coefficient (Wildman–Crippen LogP) is 2.51. The smallest absolute Gasteiger partial charge is 0.410 e. The van der Waals surface area contributed by atoms with Crippen LogP contribution in [0.2, 0.25) is 0 Å².